The van der Waals surface area contributed by atoms with Crippen LogP contribution in [0.25, 0.3) is 0 Å². The predicted octanol–water partition coefficient (Wildman–Crippen LogP) is 1.97. The van der Waals surface area contributed by atoms with Gasteiger partial charge in [0, 0.05) is 18.3 Å². The van der Waals surface area contributed by atoms with Crippen molar-refractivity contribution in [3.63, 3.8) is 0 Å². The average Bonchev–Trinajstić information content (AvgIpc) is 2.39. The van der Waals surface area contributed by atoms with Crippen LogP contribution in [-0.2, 0) is 0 Å². The summed E-state index contributed by atoms with van der Waals surface area (Å²) in [5.74, 6) is 0.105. The standard InChI is InChI=1S/C9H17F3N2S/c10-9(11,12)15-7-6-14-8-2-1-4-13-5-3-8/h8,13-14H,1-7H2. The van der Waals surface area contributed by atoms with E-state index in [2.05, 4.69) is 10.6 Å². The maximum Gasteiger partial charge on any atom is 0.441 e. The van der Waals surface area contributed by atoms with Gasteiger partial charge in [0.1, 0.15) is 0 Å². The van der Waals surface area contributed by atoms with Crippen molar-refractivity contribution in [1.29, 1.82) is 0 Å². The Morgan fingerprint density at radius 2 is 2.07 bits per heavy atom. The van der Waals surface area contributed by atoms with Gasteiger partial charge in [-0.25, -0.2) is 0 Å². The molecule has 0 saturated carbocycles. The molecule has 2 nitrogen and oxygen atoms in total. The van der Waals surface area contributed by atoms with E-state index in [0.29, 0.717) is 12.6 Å². The first kappa shape index (κ1) is 13.1. The normalized spacial score (nSPS) is 23.8. The summed E-state index contributed by atoms with van der Waals surface area (Å²) >= 11 is 0.0492. The van der Waals surface area contributed by atoms with Crippen LogP contribution in [0.2, 0.25) is 0 Å². The monoisotopic (exact) mass is 242 g/mol. The van der Waals surface area contributed by atoms with Gasteiger partial charge in [0.2, 0.25) is 0 Å². The van der Waals surface area contributed by atoms with E-state index < -0.39 is 5.51 Å². The van der Waals surface area contributed by atoms with Crippen LogP contribution in [-0.4, -0.2) is 36.9 Å². The summed E-state index contributed by atoms with van der Waals surface area (Å²) in [6, 6.07) is 0.383. The Morgan fingerprint density at radius 3 is 2.80 bits per heavy atom. The Bertz CT molecular complexity index is 167. The van der Waals surface area contributed by atoms with Gasteiger partial charge in [-0.1, -0.05) is 0 Å². The van der Waals surface area contributed by atoms with Gasteiger partial charge >= 0.3 is 5.51 Å². The summed E-state index contributed by atoms with van der Waals surface area (Å²) in [5, 5.41) is 6.44. The van der Waals surface area contributed by atoms with E-state index in [4.69, 9.17) is 0 Å². The second-order valence-electron chi connectivity index (χ2n) is 3.63. The maximum atomic E-state index is 11.8. The van der Waals surface area contributed by atoms with E-state index >= 15 is 0 Å². The van der Waals surface area contributed by atoms with Gasteiger partial charge in [-0.05, 0) is 44.1 Å². The van der Waals surface area contributed by atoms with E-state index in [1.54, 1.807) is 0 Å². The number of hydrogen-bond acceptors (Lipinski definition) is 3. The van der Waals surface area contributed by atoms with E-state index in [9.17, 15) is 13.2 Å². The molecule has 0 aromatic carbocycles. The molecule has 0 radical (unpaired) electrons. The lowest BCUT2D eigenvalue weighted by molar-refractivity contribution is -0.0327. The van der Waals surface area contributed by atoms with Crippen molar-refractivity contribution < 1.29 is 13.2 Å². The fourth-order valence-electron chi connectivity index (χ4n) is 1.65. The quantitative estimate of drug-likeness (QED) is 0.737. The van der Waals surface area contributed by atoms with Gasteiger partial charge < -0.3 is 10.6 Å². The number of hydrogen-bond donors (Lipinski definition) is 2. The second kappa shape index (κ2) is 6.60. The molecular formula is C9H17F3N2S. The van der Waals surface area contributed by atoms with Crippen LogP contribution in [0.4, 0.5) is 13.2 Å². The largest absolute Gasteiger partial charge is 0.441 e. The third kappa shape index (κ3) is 7.03. The summed E-state index contributed by atoms with van der Waals surface area (Å²) in [4.78, 5) is 0. The lowest BCUT2D eigenvalue weighted by atomic mass is 10.1. The van der Waals surface area contributed by atoms with Crippen molar-refractivity contribution in [3.05, 3.63) is 0 Å². The van der Waals surface area contributed by atoms with E-state index in [1.165, 1.54) is 0 Å². The highest BCUT2D eigenvalue weighted by Crippen LogP contribution is 2.29. The summed E-state index contributed by atoms with van der Waals surface area (Å²) in [5.41, 5.74) is -4.09. The Kier molecular flexibility index (Phi) is 5.78. The number of alkyl halides is 3. The molecule has 1 saturated heterocycles. The Morgan fingerprint density at radius 1 is 1.27 bits per heavy atom. The molecule has 1 atom stereocenters. The molecule has 0 bridgehead atoms. The van der Waals surface area contributed by atoms with Gasteiger partial charge in [-0.15, -0.1) is 0 Å². The zero-order valence-corrected chi connectivity index (χ0v) is 9.39. The van der Waals surface area contributed by atoms with Crippen molar-refractivity contribution in [1.82, 2.24) is 10.6 Å². The number of halogens is 3. The highest BCUT2D eigenvalue weighted by atomic mass is 32.2. The molecule has 0 amide bonds. The topological polar surface area (TPSA) is 24.1 Å². The van der Waals surface area contributed by atoms with Crippen LogP contribution in [0.1, 0.15) is 19.3 Å². The number of nitrogens with one attached hydrogen (secondary N) is 2. The first-order chi connectivity index (χ1) is 7.08. The van der Waals surface area contributed by atoms with Gasteiger partial charge in [-0.2, -0.15) is 13.2 Å². The summed E-state index contributed by atoms with van der Waals surface area (Å²) < 4.78 is 35.4. The van der Waals surface area contributed by atoms with Crippen LogP contribution in [0.5, 0.6) is 0 Å². The molecule has 0 aromatic heterocycles. The minimum Gasteiger partial charge on any atom is -0.317 e. The number of rotatable bonds is 4. The molecule has 2 N–H and O–H groups in total. The van der Waals surface area contributed by atoms with Crippen molar-refractivity contribution >= 4 is 11.8 Å². The first-order valence-electron chi connectivity index (χ1n) is 5.23. The molecule has 1 unspecified atom stereocenters. The van der Waals surface area contributed by atoms with Gasteiger partial charge in [-0.3, -0.25) is 0 Å². The maximum absolute atomic E-state index is 11.8. The van der Waals surface area contributed by atoms with Crippen molar-refractivity contribution in [2.24, 2.45) is 0 Å². The molecule has 1 aliphatic rings. The molecule has 1 heterocycles. The Balaban J connectivity index is 2.03. The van der Waals surface area contributed by atoms with Crippen LogP contribution < -0.4 is 10.6 Å². The second-order valence-corrected chi connectivity index (χ2v) is 4.79. The summed E-state index contributed by atoms with van der Waals surface area (Å²) in [7, 11) is 0. The minimum atomic E-state index is -4.09. The molecule has 0 spiro atoms. The molecular weight excluding hydrogens is 225 g/mol. The van der Waals surface area contributed by atoms with Gasteiger partial charge in [0.05, 0.1) is 0 Å². The SMILES string of the molecule is FC(F)(F)SCCNC1CCCNCC1. The molecule has 1 aliphatic heterocycles. The third-order valence-electron chi connectivity index (χ3n) is 2.38. The highest BCUT2D eigenvalue weighted by molar-refractivity contribution is 8.00. The van der Waals surface area contributed by atoms with Gasteiger partial charge in [0.15, 0.2) is 0 Å². The zero-order valence-electron chi connectivity index (χ0n) is 8.57. The Hall–Kier alpha value is 0.0600. The smallest absolute Gasteiger partial charge is 0.317 e. The minimum absolute atomic E-state index is 0.0492. The fourth-order valence-corrected chi connectivity index (χ4v) is 2.10. The molecule has 0 aliphatic carbocycles. The predicted molar refractivity (Wildman–Crippen MR) is 57.0 cm³/mol. The average molecular weight is 242 g/mol. The van der Waals surface area contributed by atoms with E-state index in [0.717, 1.165) is 32.4 Å². The first-order valence-corrected chi connectivity index (χ1v) is 6.21. The lowest BCUT2D eigenvalue weighted by Crippen LogP contribution is -2.32. The highest BCUT2D eigenvalue weighted by Gasteiger charge is 2.27. The number of thioether (sulfide) groups is 1. The summed E-state index contributed by atoms with van der Waals surface area (Å²) in [6.45, 7) is 2.43. The lowest BCUT2D eigenvalue weighted by Gasteiger charge is -2.15. The van der Waals surface area contributed by atoms with Crippen LogP contribution >= 0.6 is 11.8 Å². The van der Waals surface area contributed by atoms with E-state index in [1.807, 2.05) is 0 Å². The van der Waals surface area contributed by atoms with Crippen molar-refractivity contribution in [3.8, 4) is 0 Å². The summed E-state index contributed by atoms with van der Waals surface area (Å²) in [6.07, 6.45) is 3.17. The molecule has 0 aromatic rings. The molecule has 6 heteroatoms. The van der Waals surface area contributed by atoms with Crippen molar-refractivity contribution in [2.75, 3.05) is 25.4 Å². The fraction of sp³-hybridized carbons (Fsp3) is 1.00. The Labute approximate surface area is 92.4 Å². The van der Waals surface area contributed by atoms with Crippen LogP contribution in [0, 0.1) is 0 Å². The van der Waals surface area contributed by atoms with E-state index in [-0.39, 0.29) is 17.5 Å². The third-order valence-corrected chi connectivity index (χ3v) is 3.11. The van der Waals surface area contributed by atoms with Crippen LogP contribution in [0.15, 0.2) is 0 Å². The van der Waals surface area contributed by atoms with Crippen molar-refractivity contribution in [2.45, 2.75) is 30.8 Å². The molecule has 15 heavy (non-hydrogen) atoms. The van der Waals surface area contributed by atoms with Crippen LogP contribution in [0.3, 0.4) is 0 Å². The zero-order chi connectivity index (χ0) is 11.1. The van der Waals surface area contributed by atoms with Gasteiger partial charge in [0.25, 0.3) is 0 Å². The molecule has 1 rings (SSSR count). The molecule has 90 valence electrons. The molecule has 1 fully saturated rings.